The van der Waals surface area contributed by atoms with Gasteiger partial charge in [0.05, 0.1) is 25.7 Å². The van der Waals surface area contributed by atoms with Crippen molar-refractivity contribution in [3.8, 4) is 0 Å². The van der Waals surface area contributed by atoms with E-state index in [1.165, 1.54) is 11.0 Å². The van der Waals surface area contributed by atoms with Crippen molar-refractivity contribution in [1.82, 2.24) is 4.90 Å². The van der Waals surface area contributed by atoms with Gasteiger partial charge in [-0.15, -0.1) is 0 Å². The Bertz CT molecular complexity index is 453. The fraction of sp³-hybridized carbons (Fsp3) is 0.333. The summed E-state index contributed by atoms with van der Waals surface area (Å²) in [4.78, 5) is 32.2. The molecule has 0 fully saturated rings. The molecule has 9 nitrogen and oxygen atoms in total. The lowest BCUT2D eigenvalue weighted by Crippen LogP contribution is -2.36. The minimum atomic E-state index is -1.14. The summed E-state index contributed by atoms with van der Waals surface area (Å²) in [6.45, 7) is -0.749. The molecule has 18 heavy (non-hydrogen) atoms. The molecule has 0 spiro atoms. The SMILES string of the molecule is NC(=O)CN(CC(=O)O)Cc1ccc([N+](=O)[O-])o1. The third-order valence-corrected chi connectivity index (χ3v) is 1.95. The molecule has 0 aromatic carbocycles. The second kappa shape index (κ2) is 5.77. The molecule has 1 aromatic heterocycles. The third-order valence-electron chi connectivity index (χ3n) is 1.95. The number of hydrogen-bond acceptors (Lipinski definition) is 6. The number of nitrogens with zero attached hydrogens (tertiary/aromatic N) is 2. The summed E-state index contributed by atoms with van der Waals surface area (Å²) >= 11 is 0. The summed E-state index contributed by atoms with van der Waals surface area (Å²) in [5.41, 5.74) is 4.96. The molecule has 3 N–H and O–H groups in total. The highest BCUT2D eigenvalue weighted by Crippen LogP contribution is 2.16. The third kappa shape index (κ3) is 4.22. The van der Waals surface area contributed by atoms with Crippen LogP contribution in [0.5, 0.6) is 0 Å². The molecule has 1 rings (SSSR count). The van der Waals surface area contributed by atoms with Gasteiger partial charge in [-0.1, -0.05) is 0 Å². The maximum Gasteiger partial charge on any atom is 0.433 e. The standard InChI is InChI=1S/C9H11N3O6/c10-7(13)4-11(5-9(14)15)3-6-1-2-8(18-6)12(16)17/h1-2H,3-5H2,(H2,10,13)(H,14,15). The van der Waals surface area contributed by atoms with Gasteiger partial charge in [0, 0.05) is 0 Å². The molecule has 1 aromatic rings. The van der Waals surface area contributed by atoms with E-state index in [1.807, 2.05) is 0 Å². The lowest BCUT2D eigenvalue weighted by Gasteiger charge is -2.16. The first-order valence-corrected chi connectivity index (χ1v) is 4.84. The largest absolute Gasteiger partial charge is 0.480 e. The lowest BCUT2D eigenvalue weighted by molar-refractivity contribution is -0.402. The smallest absolute Gasteiger partial charge is 0.433 e. The quantitative estimate of drug-likeness (QED) is 0.498. The van der Waals surface area contributed by atoms with Crippen molar-refractivity contribution in [3.63, 3.8) is 0 Å². The van der Waals surface area contributed by atoms with E-state index in [0.29, 0.717) is 0 Å². The van der Waals surface area contributed by atoms with E-state index >= 15 is 0 Å². The van der Waals surface area contributed by atoms with Crippen LogP contribution in [0.2, 0.25) is 0 Å². The molecule has 0 saturated carbocycles. The second-order valence-electron chi connectivity index (χ2n) is 3.50. The Morgan fingerprint density at radius 2 is 2.11 bits per heavy atom. The summed E-state index contributed by atoms with van der Waals surface area (Å²) in [6.07, 6.45) is 0. The number of rotatable bonds is 7. The van der Waals surface area contributed by atoms with Crippen LogP contribution in [0.3, 0.4) is 0 Å². The van der Waals surface area contributed by atoms with Crippen LogP contribution in [0.15, 0.2) is 16.5 Å². The Kier molecular flexibility index (Phi) is 4.38. The molecule has 9 heteroatoms. The fourth-order valence-corrected chi connectivity index (χ4v) is 1.35. The van der Waals surface area contributed by atoms with E-state index in [9.17, 15) is 19.7 Å². The molecule has 0 aliphatic carbocycles. The van der Waals surface area contributed by atoms with E-state index in [4.69, 9.17) is 15.3 Å². The first-order chi connectivity index (χ1) is 8.38. The molecular formula is C9H11N3O6. The van der Waals surface area contributed by atoms with Crippen LogP contribution in [-0.4, -0.2) is 39.9 Å². The van der Waals surface area contributed by atoms with E-state index in [2.05, 4.69) is 0 Å². The Morgan fingerprint density at radius 1 is 1.44 bits per heavy atom. The topological polar surface area (TPSA) is 140 Å². The van der Waals surface area contributed by atoms with Gasteiger partial charge in [-0.3, -0.25) is 24.6 Å². The Labute approximate surface area is 101 Å². The average Bonchev–Trinajstić information content (AvgIpc) is 2.63. The summed E-state index contributed by atoms with van der Waals surface area (Å²) in [5.74, 6) is -2.10. The van der Waals surface area contributed by atoms with Crippen LogP contribution in [0.1, 0.15) is 5.76 Å². The Morgan fingerprint density at radius 3 is 2.56 bits per heavy atom. The van der Waals surface area contributed by atoms with Gasteiger partial charge < -0.3 is 15.3 Å². The van der Waals surface area contributed by atoms with Crippen molar-refractivity contribution in [3.05, 3.63) is 28.0 Å². The number of carbonyl (C=O) groups excluding carboxylic acids is 1. The molecule has 0 aliphatic heterocycles. The molecule has 0 aliphatic rings. The number of nitrogens with two attached hydrogens (primary N) is 1. The van der Waals surface area contributed by atoms with Gasteiger partial charge >= 0.3 is 11.9 Å². The Hall–Kier alpha value is -2.42. The van der Waals surface area contributed by atoms with Crippen molar-refractivity contribution in [2.45, 2.75) is 6.54 Å². The molecule has 1 heterocycles. The van der Waals surface area contributed by atoms with E-state index < -0.39 is 29.2 Å². The van der Waals surface area contributed by atoms with Crippen LogP contribution in [0.25, 0.3) is 0 Å². The predicted octanol–water partition coefficient (Wildman–Crippen LogP) is -0.440. The number of nitro groups is 1. The van der Waals surface area contributed by atoms with Crippen LogP contribution in [0.4, 0.5) is 5.88 Å². The molecule has 0 radical (unpaired) electrons. The van der Waals surface area contributed by atoms with Gasteiger partial charge in [-0.05, 0) is 6.07 Å². The summed E-state index contributed by atoms with van der Waals surface area (Å²) in [5, 5.41) is 19.0. The monoisotopic (exact) mass is 257 g/mol. The maximum atomic E-state index is 10.7. The number of aliphatic carboxylic acids is 1. The number of primary amides is 1. The Balaban J connectivity index is 2.71. The van der Waals surface area contributed by atoms with Crippen molar-refractivity contribution in [2.24, 2.45) is 5.73 Å². The van der Waals surface area contributed by atoms with Crippen LogP contribution < -0.4 is 5.73 Å². The van der Waals surface area contributed by atoms with E-state index in [1.54, 1.807) is 0 Å². The minimum absolute atomic E-state index is 0.0525. The van der Waals surface area contributed by atoms with E-state index in [0.717, 1.165) is 6.07 Å². The van der Waals surface area contributed by atoms with Gasteiger partial charge in [-0.2, -0.15) is 0 Å². The van der Waals surface area contributed by atoms with Gasteiger partial charge in [0.1, 0.15) is 10.7 Å². The minimum Gasteiger partial charge on any atom is -0.480 e. The van der Waals surface area contributed by atoms with Crippen molar-refractivity contribution < 1.29 is 24.0 Å². The number of carbonyl (C=O) groups is 2. The maximum absolute atomic E-state index is 10.7. The fourth-order valence-electron chi connectivity index (χ4n) is 1.35. The summed E-state index contributed by atoms with van der Waals surface area (Å²) in [6, 6.07) is 2.49. The number of amides is 1. The number of furan rings is 1. The van der Waals surface area contributed by atoms with Crippen molar-refractivity contribution in [1.29, 1.82) is 0 Å². The summed E-state index contributed by atoms with van der Waals surface area (Å²) < 4.78 is 4.85. The highest BCUT2D eigenvalue weighted by molar-refractivity contribution is 5.77. The molecule has 0 saturated heterocycles. The first-order valence-electron chi connectivity index (χ1n) is 4.84. The van der Waals surface area contributed by atoms with Gasteiger partial charge in [0.2, 0.25) is 5.91 Å². The lowest BCUT2D eigenvalue weighted by atomic mass is 10.3. The normalized spacial score (nSPS) is 10.5. The first kappa shape index (κ1) is 13.6. The molecule has 0 unspecified atom stereocenters. The van der Waals surface area contributed by atoms with Gasteiger partial charge in [0.15, 0.2) is 0 Å². The second-order valence-corrected chi connectivity index (χ2v) is 3.50. The molecule has 0 bridgehead atoms. The number of carboxylic acid groups (broad SMARTS) is 1. The average molecular weight is 257 g/mol. The zero-order valence-electron chi connectivity index (χ0n) is 9.24. The molecular weight excluding hydrogens is 246 g/mol. The van der Waals surface area contributed by atoms with E-state index in [-0.39, 0.29) is 18.8 Å². The zero-order valence-corrected chi connectivity index (χ0v) is 9.24. The van der Waals surface area contributed by atoms with Gasteiger partial charge in [-0.25, -0.2) is 0 Å². The summed E-state index contributed by atoms with van der Waals surface area (Å²) in [7, 11) is 0. The highest BCUT2D eigenvalue weighted by Gasteiger charge is 2.17. The number of carboxylic acids is 1. The van der Waals surface area contributed by atoms with Crippen molar-refractivity contribution >= 4 is 17.8 Å². The molecule has 98 valence electrons. The molecule has 0 atom stereocenters. The van der Waals surface area contributed by atoms with Crippen LogP contribution >= 0.6 is 0 Å². The zero-order chi connectivity index (χ0) is 13.7. The van der Waals surface area contributed by atoms with Crippen molar-refractivity contribution in [2.75, 3.05) is 13.1 Å². The number of hydrogen-bond donors (Lipinski definition) is 2. The van der Waals surface area contributed by atoms with Crippen LogP contribution in [-0.2, 0) is 16.1 Å². The van der Waals surface area contributed by atoms with Gasteiger partial charge in [0.25, 0.3) is 0 Å². The molecule has 1 amide bonds. The van der Waals surface area contributed by atoms with Crippen LogP contribution in [0, 0.1) is 10.1 Å². The predicted molar refractivity (Wildman–Crippen MR) is 57.5 cm³/mol. The highest BCUT2D eigenvalue weighted by atomic mass is 16.6.